The number of carbonyl (C=O) groups excluding carboxylic acids is 1. The second-order valence-corrected chi connectivity index (χ2v) is 7.13. The van der Waals surface area contributed by atoms with Crippen LogP contribution in [0.15, 0.2) is 4.99 Å². The van der Waals surface area contributed by atoms with Crippen LogP contribution >= 0.6 is 24.0 Å². The van der Waals surface area contributed by atoms with Crippen molar-refractivity contribution >= 4 is 35.9 Å². The van der Waals surface area contributed by atoms with Crippen LogP contribution in [0.3, 0.4) is 0 Å². The van der Waals surface area contributed by atoms with E-state index in [0.29, 0.717) is 12.0 Å². The first-order valence-electron chi connectivity index (χ1n) is 8.75. The molecule has 0 saturated carbocycles. The molecule has 142 valence electrons. The van der Waals surface area contributed by atoms with Crippen LogP contribution in [0.5, 0.6) is 0 Å². The van der Waals surface area contributed by atoms with Crippen LogP contribution in [-0.4, -0.2) is 61.7 Å². The van der Waals surface area contributed by atoms with E-state index in [9.17, 15) is 4.79 Å². The average molecular weight is 454 g/mol. The van der Waals surface area contributed by atoms with Crippen molar-refractivity contribution in [1.82, 2.24) is 15.5 Å². The fraction of sp³-hybridized carbons (Fsp3) is 0.882. The van der Waals surface area contributed by atoms with Crippen molar-refractivity contribution in [2.75, 3.05) is 33.2 Å². The van der Waals surface area contributed by atoms with E-state index in [0.717, 1.165) is 25.9 Å². The predicted molar refractivity (Wildman–Crippen MR) is 110 cm³/mol. The SMILES string of the molecule is CCCCN1CCC(NC(=NC)NCC(=O)OC(C)(C)C)CC1.I. The van der Waals surface area contributed by atoms with Crippen LogP contribution in [0.25, 0.3) is 0 Å². The number of hydrogen-bond acceptors (Lipinski definition) is 4. The molecule has 0 aromatic heterocycles. The summed E-state index contributed by atoms with van der Waals surface area (Å²) < 4.78 is 5.28. The number of hydrogen-bond donors (Lipinski definition) is 2. The van der Waals surface area contributed by atoms with Gasteiger partial charge in [0, 0.05) is 26.2 Å². The molecule has 0 unspecified atom stereocenters. The smallest absolute Gasteiger partial charge is 0.325 e. The molecule has 0 spiro atoms. The van der Waals surface area contributed by atoms with Crippen molar-refractivity contribution in [2.45, 2.75) is 65.0 Å². The van der Waals surface area contributed by atoms with Crippen LogP contribution in [0.2, 0.25) is 0 Å². The van der Waals surface area contributed by atoms with E-state index < -0.39 is 5.60 Å². The maximum absolute atomic E-state index is 11.7. The Morgan fingerprint density at radius 1 is 1.29 bits per heavy atom. The number of nitrogens with one attached hydrogen (secondary N) is 2. The lowest BCUT2D eigenvalue weighted by molar-refractivity contribution is -0.153. The summed E-state index contributed by atoms with van der Waals surface area (Å²) in [5.74, 6) is 0.401. The number of likely N-dealkylation sites (tertiary alicyclic amines) is 1. The fourth-order valence-electron chi connectivity index (χ4n) is 2.60. The molecule has 0 radical (unpaired) electrons. The number of rotatable bonds is 6. The van der Waals surface area contributed by atoms with Gasteiger partial charge in [-0.05, 0) is 46.6 Å². The molecule has 1 saturated heterocycles. The van der Waals surface area contributed by atoms with Gasteiger partial charge >= 0.3 is 5.97 Å². The number of guanidine groups is 1. The summed E-state index contributed by atoms with van der Waals surface area (Å²) in [5, 5.41) is 6.44. The molecule has 0 aromatic rings. The Morgan fingerprint density at radius 2 is 1.92 bits per heavy atom. The van der Waals surface area contributed by atoms with Gasteiger partial charge in [0.2, 0.25) is 0 Å². The molecule has 1 aliphatic rings. The minimum absolute atomic E-state index is 0. The normalized spacial score (nSPS) is 17.1. The van der Waals surface area contributed by atoms with E-state index in [1.807, 2.05) is 20.8 Å². The predicted octanol–water partition coefficient (Wildman–Crippen LogP) is 2.38. The standard InChI is InChI=1S/C17H34N4O2.HI/c1-6-7-10-21-11-8-14(9-12-21)20-16(18-5)19-13-15(22)23-17(2,3)4;/h14H,6-13H2,1-5H3,(H2,18,19,20);1H. The Kier molecular flexibility index (Phi) is 11.6. The highest BCUT2D eigenvalue weighted by Crippen LogP contribution is 2.11. The van der Waals surface area contributed by atoms with Crippen molar-refractivity contribution in [2.24, 2.45) is 4.99 Å². The minimum Gasteiger partial charge on any atom is -0.459 e. The first-order chi connectivity index (χ1) is 10.8. The molecule has 24 heavy (non-hydrogen) atoms. The molecule has 2 N–H and O–H groups in total. The van der Waals surface area contributed by atoms with Crippen molar-refractivity contribution in [3.63, 3.8) is 0 Å². The summed E-state index contributed by atoms with van der Waals surface area (Å²) in [6.45, 7) is 11.4. The van der Waals surface area contributed by atoms with Crippen molar-refractivity contribution < 1.29 is 9.53 Å². The van der Waals surface area contributed by atoms with E-state index in [1.165, 1.54) is 19.4 Å². The molecule has 0 aliphatic carbocycles. The zero-order chi connectivity index (χ0) is 17.3. The summed E-state index contributed by atoms with van der Waals surface area (Å²) in [6, 6.07) is 0.415. The van der Waals surface area contributed by atoms with Crippen molar-refractivity contribution in [3.8, 4) is 0 Å². The monoisotopic (exact) mass is 454 g/mol. The number of unbranched alkanes of at least 4 members (excludes halogenated alkanes) is 1. The third-order valence-corrected chi connectivity index (χ3v) is 3.80. The Bertz CT molecular complexity index is 389. The van der Waals surface area contributed by atoms with Gasteiger partial charge in [-0.1, -0.05) is 13.3 Å². The highest BCUT2D eigenvalue weighted by atomic mass is 127. The maximum Gasteiger partial charge on any atom is 0.325 e. The number of piperidine rings is 1. The quantitative estimate of drug-likeness (QED) is 0.279. The Labute approximate surface area is 164 Å². The average Bonchev–Trinajstić information content (AvgIpc) is 2.48. The zero-order valence-electron chi connectivity index (χ0n) is 15.9. The lowest BCUT2D eigenvalue weighted by Crippen LogP contribution is -2.49. The van der Waals surface area contributed by atoms with Gasteiger partial charge < -0.3 is 20.3 Å². The van der Waals surface area contributed by atoms with Gasteiger partial charge in [0.15, 0.2) is 5.96 Å². The van der Waals surface area contributed by atoms with Crippen LogP contribution in [0.4, 0.5) is 0 Å². The third kappa shape index (κ3) is 10.3. The summed E-state index contributed by atoms with van der Waals surface area (Å²) in [7, 11) is 1.72. The molecule has 0 atom stereocenters. The lowest BCUT2D eigenvalue weighted by Gasteiger charge is -2.33. The van der Waals surface area contributed by atoms with Crippen LogP contribution in [0, 0.1) is 0 Å². The highest BCUT2D eigenvalue weighted by Gasteiger charge is 2.20. The van der Waals surface area contributed by atoms with E-state index in [4.69, 9.17) is 4.74 Å². The topological polar surface area (TPSA) is 66.0 Å². The van der Waals surface area contributed by atoms with E-state index >= 15 is 0 Å². The van der Waals surface area contributed by atoms with Gasteiger partial charge in [-0.15, -0.1) is 24.0 Å². The Hall–Kier alpha value is -0.570. The van der Waals surface area contributed by atoms with E-state index in [2.05, 4.69) is 27.4 Å². The molecule has 1 fully saturated rings. The number of nitrogens with zero attached hydrogens (tertiary/aromatic N) is 2. The second-order valence-electron chi connectivity index (χ2n) is 7.13. The number of aliphatic imine (C=N–C) groups is 1. The summed E-state index contributed by atoms with van der Waals surface area (Å²) >= 11 is 0. The molecule has 7 heteroatoms. The molecule has 0 bridgehead atoms. The van der Waals surface area contributed by atoms with Gasteiger partial charge in [-0.2, -0.15) is 0 Å². The van der Waals surface area contributed by atoms with Gasteiger partial charge in [0.25, 0.3) is 0 Å². The third-order valence-electron chi connectivity index (χ3n) is 3.80. The van der Waals surface area contributed by atoms with Crippen LogP contribution in [-0.2, 0) is 9.53 Å². The molecule has 1 rings (SSSR count). The minimum atomic E-state index is -0.457. The van der Waals surface area contributed by atoms with Crippen LogP contribution < -0.4 is 10.6 Å². The Balaban J connectivity index is 0.00000529. The molecule has 0 aromatic carbocycles. The van der Waals surface area contributed by atoms with E-state index in [-0.39, 0.29) is 36.5 Å². The van der Waals surface area contributed by atoms with Gasteiger partial charge in [0.05, 0.1) is 0 Å². The Morgan fingerprint density at radius 3 is 2.42 bits per heavy atom. The second kappa shape index (κ2) is 11.9. The number of halogens is 1. The van der Waals surface area contributed by atoms with Crippen molar-refractivity contribution in [1.29, 1.82) is 0 Å². The highest BCUT2D eigenvalue weighted by molar-refractivity contribution is 14.0. The first-order valence-corrected chi connectivity index (χ1v) is 8.75. The van der Waals surface area contributed by atoms with Gasteiger partial charge in [0.1, 0.15) is 12.1 Å². The molecule has 6 nitrogen and oxygen atoms in total. The number of carbonyl (C=O) groups is 1. The largest absolute Gasteiger partial charge is 0.459 e. The molecule has 1 aliphatic heterocycles. The van der Waals surface area contributed by atoms with Gasteiger partial charge in [-0.25, -0.2) is 0 Å². The van der Waals surface area contributed by atoms with Crippen molar-refractivity contribution in [3.05, 3.63) is 0 Å². The summed E-state index contributed by atoms with van der Waals surface area (Å²) in [5.41, 5.74) is -0.457. The molecule has 1 heterocycles. The molecular weight excluding hydrogens is 419 g/mol. The summed E-state index contributed by atoms with van der Waals surface area (Å²) in [6.07, 6.45) is 4.74. The first kappa shape index (κ1) is 23.4. The lowest BCUT2D eigenvalue weighted by atomic mass is 10.0. The fourth-order valence-corrected chi connectivity index (χ4v) is 2.60. The maximum atomic E-state index is 11.7. The number of ether oxygens (including phenoxy) is 1. The summed E-state index contributed by atoms with van der Waals surface area (Å²) in [4.78, 5) is 18.5. The van der Waals surface area contributed by atoms with Gasteiger partial charge in [-0.3, -0.25) is 9.79 Å². The molecular formula is C17H35IN4O2. The van der Waals surface area contributed by atoms with Crippen LogP contribution in [0.1, 0.15) is 53.4 Å². The van der Waals surface area contributed by atoms with E-state index in [1.54, 1.807) is 7.05 Å². The number of esters is 1. The molecule has 0 amide bonds. The zero-order valence-corrected chi connectivity index (χ0v) is 18.2.